The third kappa shape index (κ3) is 3.76. The topological polar surface area (TPSA) is 52.6 Å². The minimum Gasteiger partial charge on any atom is -0.506 e. The van der Waals surface area contributed by atoms with Crippen molar-refractivity contribution in [2.24, 2.45) is 5.41 Å². The number of benzene rings is 1. The zero-order valence-corrected chi connectivity index (χ0v) is 15.9. The van der Waals surface area contributed by atoms with E-state index in [1.54, 1.807) is 6.07 Å². The molecule has 0 radical (unpaired) electrons. The van der Waals surface area contributed by atoms with Gasteiger partial charge in [0.1, 0.15) is 5.75 Å². The highest BCUT2D eigenvalue weighted by Crippen LogP contribution is 2.29. The van der Waals surface area contributed by atoms with Gasteiger partial charge in [-0.3, -0.25) is 4.79 Å². The summed E-state index contributed by atoms with van der Waals surface area (Å²) in [5.74, 6) is -0.132. The number of aromatic hydroxyl groups is 1. The molecule has 6 heteroatoms. The Labute approximate surface area is 146 Å². The third-order valence-corrected chi connectivity index (χ3v) is 5.14. The van der Waals surface area contributed by atoms with Gasteiger partial charge in [-0.25, -0.2) is 0 Å². The van der Waals surface area contributed by atoms with Crippen molar-refractivity contribution in [2.75, 3.05) is 26.7 Å². The molecule has 1 saturated heterocycles. The van der Waals surface area contributed by atoms with Crippen molar-refractivity contribution in [3.8, 4) is 5.75 Å². The molecule has 20 heavy (non-hydrogen) atoms. The Bertz CT molecular complexity index is 536. The van der Waals surface area contributed by atoms with Crippen LogP contribution in [0.3, 0.4) is 0 Å². The fraction of sp³-hybridized carbons (Fsp3) is 0.500. The van der Waals surface area contributed by atoms with E-state index in [4.69, 9.17) is 0 Å². The Morgan fingerprint density at radius 3 is 2.80 bits per heavy atom. The summed E-state index contributed by atoms with van der Waals surface area (Å²) in [6, 6.07) is 3.57. The summed E-state index contributed by atoms with van der Waals surface area (Å²) >= 11 is 4.19. The van der Waals surface area contributed by atoms with Crippen LogP contribution in [-0.4, -0.2) is 42.6 Å². The molecule has 0 aliphatic carbocycles. The van der Waals surface area contributed by atoms with Gasteiger partial charge in [0.2, 0.25) is 0 Å². The molecule has 4 nitrogen and oxygen atoms in total. The molecule has 0 spiro atoms. The number of halogens is 2. The molecule has 0 aromatic heterocycles. The highest BCUT2D eigenvalue weighted by molar-refractivity contribution is 14.1. The van der Waals surface area contributed by atoms with Crippen molar-refractivity contribution in [1.82, 2.24) is 10.2 Å². The molecular formula is C14H18I2N2O2. The summed E-state index contributed by atoms with van der Waals surface area (Å²) in [6.45, 7) is 4.88. The molecule has 1 amide bonds. The number of nitrogens with zero attached hydrogens (tertiary/aromatic N) is 1. The average Bonchev–Trinajstić information content (AvgIpc) is 2.71. The van der Waals surface area contributed by atoms with Crippen molar-refractivity contribution in [3.05, 3.63) is 24.8 Å². The maximum atomic E-state index is 12.3. The van der Waals surface area contributed by atoms with Gasteiger partial charge in [0.15, 0.2) is 0 Å². The number of amides is 1. The summed E-state index contributed by atoms with van der Waals surface area (Å²) in [5, 5.41) is 13.0. The highest BCUT2D eigenvalue weighted by Gasteiger charge is 2.32. The maximum absolute atomic E-state index is 12.3. The van der Waals surface area contributed by atoms with E-state index >= 15 is 0 Å². The molecule has 1 heterocycles. The molecule has 2 rings (SSSR count). The largest absolute Gasteiger partial charge is 0.506 e. The fourth-order valence-corrected chi connectivity index (χ4v) is 4.39. The number of hydrogen-bond acceptors (Lipinski definition) is 3. The lowest BCUT2D eigenvalue weighted by molar-refractivity contribution is 0.0932. The van der Waals surface area contributed by atoms with E-state index in [1.807, 2.05) is 28.7 Å². The van der Waals surface area contributed by atoms with Crippen molar-refractivity contribution in [1.29, 1.82) is 0 Å². The van der Waals surface area contributed by atoms with Crippen molar-refractivity contribution < 1.29 is 9.90 Å². The Kier molecular flexibility index (Phi) is 5.17. The Hall–Kier alpha value is -0.0900. The summed E-state index contributed by atoms with van der Waals surface area (Å²) in [5.41, 5.74) is 0.478. The molecule has 1 aromatic carbocycles. The summed E-state index contributed by atoms with van der Waals surface area (Å²) < 4.78 is 1.65. The normalized spacial score (nSPS) is 23.0. The number of hydrogen-bond donors (Lipinski definition) is 2. The highest BCUT2D eigenvalue weighted by atomic mass is 127. The van der Waals surface area contributed by atoms with Crippen LogP contribution < -0.4 is 5.32 Å². The van der Waals surface area contributed by atoms with Crippen LogP contribution in [0.5, 0.6) is 5.75 Å². The van der Waals surface area contributed by atoms with Gasteiger partial charge in [-0.15, -0.1) is 0 Å². The van der Waals surface area contributed by atoms with E-state index in [0.29, 0.717) is 15.7 Å². The van der Waals surface area contributed by atoms with Gasteiger partial charge in [0.05, 0.1) is 9.13 Å². The number of likely N-dealkylation sites (tertiary alicyclic amines) is 1. The predicted molar refractivity (Wildman–Crippen MR) is 96.1 cm³/mol. The average molecular weight is 500 g/mol. The summed E-state index contributed by atoms with van der Waals surface area (Å²) in [4.78, 5) is 14.5. The van der Waals surface area contributed by atoms with Gasteiger partial charge < -0.3 is 15.3 Å². The van der Waals surface area contributed by atoms with Crippen LogP contribution in [0.25, 0.3) is 0 Å². The molecule has 1 aromatic rings. The van der Waals surface area contributed by atoms with Crippen LogP contribution in [0.2, 0.25) is 0 Å². The number of phenols is 1. The van der Waals surface area contributed by atoms with Crippen LogP contribution >= 0.6 is 45.2 Å². The van der Waals surface area contributed by atoms with Gasteiger partial charge in [-0.1, -0.05) is 6.92 Å². The number of carbonyl (C=O) groups excluding carboxylic acids is 1. The van der Waals surface area contributed by atoms with Gasteiger partial charge in [-0.2, -0.15) is 0 Å². The fourth-order valence-electron chi connectivity index (χ4n) is 2.54. The second-order valence-corrected chi connectivity index (χ2v) is 8.17. The Morgan fingerprint density at radius 2 is 2.20 bits per heavy atom. The molecule has 1 unspecified atom stereocenters. The molecule has 0 bridgehead atoms. The van der Waals surface area contributed by atoms with Crippen LogP contribution in [0.15, 0.2) is 12.1 Å². The molecule has 1 fully saturated rings. The van der Waals surface area contributed by atoms with Crippen LogP contribution in [0.4, 0.5) is 0 Å². The molecule has 0 saturated carbocycles. The van der Waals surface area contributed by atoms with Crippen molar-refractivity contribution in [3.63, 3.8) is 0 Å². The van der Waals surface area contributed by atoms with Gasteiger partial charge in [0.25, 0.3) is 5.91 Å². The number of carbonyl (C=O) groups is 1. The quantitative estimate of drug-likeness (QED) is 0.629. The lowest BCUT2D eigenvalue weighted by Gasteiger charge is -2.24. The lowest BCUT2D eigenvalue weighted by atomic mass is 9.90. The van der Waals surface area contributed by atoms with Crippen LogP contribution in [0.1, 0.15) is 23.7 Å². The minimum atomic E-state index is -0.199. The van der Waals surface area contributed by atoms with E-state index in [1.165, 1.54) is 0 Å². The van der Waals surface area contributed by atoms with Crippen molar-refractivity contribution >= 4 is 51.1 Å². The first kappa shape index (κ1) is 16.3. The van der Waals surface area contributed by atoms with E-state index in [-0.39, 0.29) is 17.1 Å². The molecule has 2 N–H and O–H groups in total. The standard InChI is InChI=1S/C14H18I2N2O2/c1-14(3-4-18(2)8-14)7-17-13(20)10-5-9(15)6-11(16)12(10)19/h5-6,19H,3-4,7-8H2,1-2H3,(H,17,20). The first-order valence-electron chi connectivity index (χ1n) is 6.45. The first-order chi connectivity index (χ1) is 9.31. The summed E-state index contributed by atoms with van der Waals surface area (Å²) in [6.07, 6.45) is 1.08. The number of rotatable bonds is 3. The maximum Gasteiger partial charge on any atom is 0.255 e. The zero-order valence-electron chi connectivity index (χ0n) is 11.5. The predicted octanol–water partition coefficient (Wildman–Crippen LogP) is 2.67. The Morgan fingerprint density at radius 1 is 1.50 bits per heavy atom. The van der Waals surface area contributed by atoms with Crippen LogP contribution in [0, 0.1) is 12.6 Å². The van der Waals surface area contributed by atoms with Crippen LogP contribution in [-0.2, 0) is 0 Å². The monoisotopic (exact) mass is 500 g/mol. The molecule has 1 aliphatic heterocycles. The number of phenolic OH excluding ortho intramolecular Hbond substituents is 1. The smallest absolute Gasteiger partial charge is 0.255 e. The molecule has 1 atom stereocenters. The lowest BCUT2D eigenvalue weighted by Crippen LogP contribution is -2.37. The second-order valence-electron chi connectivity index (χ2n) is 5.76. The van der Waals surface area contributed by atoms with E-state index in [0.717, 1.165) is 23.1 Å². The van der Waals surface area contributed by atoms with Gasteiger partial charge in [-0.05, 0) is 82.7 Å². The summed E-state index contributed by atoms with van der Waals surface area (Å²) in [7, 11) is 2.10. The zero-order chi connectivity index (χ0) is 14.9. The third-order valence-electron chi connectivity index (χ3n) is 3.70. The number of nitrogens with one attached hydrogen (secondary N) is 1. The van der Waals surface area contributed by atoms with E-state index < -0.39 is 0 Å². The first-order valence-corrected chi connectivity index (χ1v) is 8.61. The second kappa shape index (κ2) is 6.35. The molecular weight excluding hydrogens is 482 g/mol. The minimum absolute atomic E-state index is 0.0669. The SMILES string of the molecule is CN1CCC(C)(CNC(=O)c2cc(I)cc(I)c2O)C1. The van der Waals surface area contributed by atoms with Crippen molar-refractivity contribution in [2.45, 2.75) is 13.3 Å². The van der Waals surface area contributed by atoms with Gasteiger partial charge >= 0.3 is 0 Å². The Balaban J connectivity index is 2.06. The van der Waals surface area contributed by atoms with E-state index in [2.05, 4.69) is 46.8 Å². The molecule has 1 aliphatic rings. The molecule has 110 valence electrons. The van der Waals surface area contributed by atoms with E-state index in [9.17, 15) is 9.90 Å². The van der Waals surface area contributed by atoms with Gasteiger partial charge in [0, 0.05) is 16.7 Å².